The normalized spacial score (nSPS) is 22.4. The number of carbonyl (C=O) groups excluding carboxylic acids is 1. The zero-order valence-electron chi connectivity index (χ0n) is 23.7. The molecule has 3 aliphatic rings. The van der Waals surface area contributed by atoms with E-state index in [4.69, 9.17) is 9.47 Å². The van der Waals surface area contributed by atoms with Crippen LogP contribution in [0.2, 0.25) is 0 Å². The van der Waals surface area contributed by atoms with E-state index in [1.165, 1.54) is 5.56 Å². The molecule has 7 nitrogen and oxygen atoms in total. The van der Waals surface area contributed by atoms with Crippen molar-refractivity contribution >= 4 is 11.6 Å². The summed E-state index contributed by atoms with van der Waals surface area (Å²) < 4.78 is 11.6. The molecule has 0 saturated carbocycles. The Bertz CT molecular complexity index is 1110. The van der Waals surface area contributed by atoms with Crippen LogP contribution in [0.4, 0.5) is 5.69 Å². The van der Waals surface area contributed by atoms with Crippen LogP contribution < -0.4 is 14.4 Å². The average molecular weight is 536 g/mol. The predicted molar refractivity (Wildman–Crippen MR) is 155 cm³/mol. The molecule has 3 heterocycles. The van der Waals surface area contributed by atoms with Crippen molar-refractivity contribution in [1.82, 2.24) is 9.80 Å². The summed E-state index contributed by atoms with van der Waals surface area (Å²) in [6.07, 6.45) is 7.20. The summed E-state index contributed by atoms with van der Waals surface area (Å²) in [5.41, 5.74) is 1.36. The van der Waals surface area contributed by atoms with Gasteiger partial charge in [-0.05, 0) is 81.8 Å². The third-order valence-corrected chi connectivity index (χ3v) is 9.26. The lowest BCUT2D eigenvalue weighted by molar-refractivity contribution is -0.145. The molecule has 0 atom stereocenters. The number of aryl methyl sites for hydroxylation is 1. The van der Waals surface area contributed by atoms with Crippen LogP contribution >= 0.6 is 0 Å². The van der Waals surface area contributed by atoms with Gasteiger partial charge in [-0.25, -0.2) is 0 Å². The Kier molecular flexibility index (Phi) is 8.67. The van der Waals surface area contributed by atoms with Gasteiger partial charge in [0.25, 0.3) is 0 Å². The Hall–Kier alpha value is -2.77. The molecule has 2 saturated heterocycles. The number of para-hydroxylation sites is 3. The van der Waals surface area contributed by atoms with Crippen LogP contribution in [0.1, 0.15) is 50.5 Å². The van der Waals surface area contributed by atoms with Crippen LogP contribution in [0.3, 0.4) is 0 Å². The number of likely N-dealkylation sites (tertiary alicyclic amines) is 1. The van der Waals surface area contributed by atoms with Crippen molar-refractivity contribution in [1.29, 1.82) is 0 Å². The van der Waals surface area contributed by atoms with Gasteiger partial charge in [-0.1, -0.05) is 36.8 Å². The van der Waals surface area contributed by atoms with Gasteiger partial charge >= 0.3 is 0 Å². The van der Waals surface area contributed by atoms with Gasteiger partial charge in [0.05, 0.1) is 30.4 Å². The maximum absolute atomic E-state index is 13.8. The number of β-amino-alcohol motifs (C(OH)–C–C–N with tert-alkyl or cyclic N) is 1. The summed E-state index contributed by atoms with van der Waals surface area (Å²) in [6, 6.07) is 16.4. The fraction of sp³-hybridized carbons (Fsp3) is 0.594. The van der Waals surface area contributed by atoms with Crippen LogP contribution in [-0.2, 0) is 11.2 Å². The molecule has 2 aromatic carbocycles. The third kappa shape index (κ3) is 6.36. The topological polar surface area (TPSA) is 65.5 Å². The number of methoxy groups -OCH3 is 1. The molecular weight excluding hydrogens is 490 g/mol. The zero-order valence-corrected chi connectivity index (χ0v) is 23.7. The third-order valence-electron chi connectivity index (χ3n) is 9.26. The number of carbonyl (C=O) groups is 1. The number of rotatable bonds is 4. The smallest absolute Gasteiger partial charge is 0.228 e. The number of benzene rings is 2. The minimum Gasteiger partial charge on any atom is -0.495 e. The van der Waals surface area contributed by atoms with Crippen molar-refractivity contribution in [2.75, 3.05) is 64.9 Å². The molecule has 0 aliphatic carbocycles. The standard InChI is InChI=1S/C32H45N3O4/c1-33-23-24-39-28-12-5-3-9-26(28)10-7-8-14-31(30(33)36)15-19-34(20-16-31)25-32(37)17-21-35(22-18-32)27-11-4-6-13-29(27)38-2/h3-6,9,11-13,37H,7-8,10,14-25H2,1-2H3. The van der Waals surface area contributed by atoms with Gasteiger partial charge in [0.2, 0.25) is 5.91 Å². The van der Waals surface area contributed by atoms with E-state index in [0.717, 1.165) is 94.7 Å². The summed E-state index contributed by atoms with van der Waals surface area (Å²) in [4.78, 5) is 20.4. The number of nitrogens with zero attached hydrogens (tertiary/aromatic N) is 3. The van der Waals surface area contributed by atoms with E-state index < -0.39 is 5.60 Å². The number of hydrogen-bond donors (Lipinski definition) is 1. The van der Waals surface area contributed by atoms with Crippen LogP contribution in [0, 0.1) is 5.41 Å². The lowest BCUT2D eigenvalue weighted by Gasteiger charge is -2.46. The van der Waals surface area contributed by atoms with Crippen LogP contribution in [0.5, 0.6) is 11.5 Å². The SMILES string of the molecule is COc1ccccc1N1CCC(O)(CN2CCC3(CCCCc4ccccc4OCCN(C)C3=O)CC2)CC1. The molecule has 0 unspecified atom stereocenters. The van der Waals surface area contributed by atoms with E-state index in [1.54, 1.807) is 7.11 Å². The predicted octanol–water partition coefficient (Wildman–Crippen LogP) is 4.37. The van der Waals surface area contributed by atoms with E-state index in [0.29, 0.717) is 19.7 Å². The van der Waals surface area contributed by atoms with E-state index in [-0.39, 0.29) is 11.3 Å². The number of fused-ring (bicyclic) bond motifs is 1. The van der Waals surface area contributed by atoms with Crippen molar-refractivity contribution in [3.63, 3.8) is 0 Å². The number of hydrogen-bond acceptors (Lipinski definition) is 6. The van der Waals surface area contributed by atoms with Crippen LogP contribution in [-0.4, -0.2) is 86.4 Å². The van der Waals surface area contributed by atoms with E-state index in [1.807, 2.05) is 42.3 Å². The molecule has 1 spiro atoms. The largest absolute Gasteiger partial charge is 0.495 e. The first-order chi connectivity index (χ1) is 18.9. The van der Waals surface area contributed by atoms with Gasteiger partial charge in [-0.15, -0.1) is 0 Å². The first-order valence-electron chi connectivity index (χ1n) is 14.7. The molecule has 39 heavy (non-hydrogen) atoms. The first kappa shape index (κ1) is 27.8. The maximum Gasteiger partial charge on any atom is 0.228 e. The molecule has 5 rings (SSSR count). The van der Waals surface area contributed by atoms with Crippen molar-refractivity contribution in [2.45, 2.75) is 57.0 Å². The number of amides is 1. The monoisotopic (exact) mass is 535 g/mol. The quantitative estimate of drug-likeness (QED) is 0.627. The Morgan fingerprint density at radius 1 is 0.897 bits per heavy atom. The number of likely N-dealkylation sites (N-methyl/N-ethyl adjacent to an activating group) is 1. The highest BCUT2D eigenvalue weighted by molar-refractivity contribution is 5.82. The molecule has 0 bridgehead atoms. The van der Waals surface area contributed by atoms with E-state index >= 15 is 0 Å². The van der Waals surface area contributed by atoms with Crippen LogP contribution in [0.25, 0.3) is 0 Å². The van der Waals surface area contributed by atoms with Crippen molar-refractivity contribution in [3.8, 4) is 11.5 Å². The summed E-state index contributed by atoms with van der Waals surface area (Å²) >= 11 is 0. The van der Waals surface area contributed by atoms with Crippen molar-refractivity contribution in [2.24, 2.45) is 5.41 Å². The van der Waals surface area contributed by atoms with E-state index in [2.05, 4.69) is 28.0 Å². The summed E-state index contributed by atoms with van der Waals surface area (Å²) in [6.45, 7) is 5.13. The molecule has 1 amide bonds. The second-order valence-corrected chi connectivity index (χ2v) is 11.8. The van der Waals surface area contributed by atoms with Crippen molar-refractivity contribution in [3.05, 3.63) is 54.1 Å². The number of piperidine rings is 2. The van der Waals surface area contributed by atoms with E-state index in [9.17, 15) is 9.90 Å². The highest BCUT2D eigenvalue weighted by Crippen LogP contribution is 2.40. The molecule has 7 heteroatoms. The fourth-order valence-corrected chi connectivity index (χ4v) is 6.77. The number of ether oxygens (including phenoxy) is 2. The molecular formula is C32H45N3O4. The maximum atomic E-state index is 13.8. The Morgan fingerprint density at radius 2 is 1.62 bits per heavy atom. The summed E-state index contributed by atoms with van der Waals surface area (Å²) in [5, 5.41) is 11.5. The molecule has 3 aliphatic heterocycles. The molecule has 1 N–H and O–H groups in total. The molecule has 2 aromatic rings. The summed E-state index contributed by atoms with van der Waals surface area (Å²) in [7, 11) is 3.63. The van der Waals surface area contributed by atoms with Crippen LogP contribution in [0.15, 0.2) is 48.5 Å². The lowest BCUT2D eigenvalue weighted by atomic mass is 9.72. The highest BCUT2D eigenvalue weighted by Gasteiger charge is 2.44. The van der Waals surface area contributed by atoms with Gasteiger partial charge in [0.15, 0.2) is 0 Å². The molecule has 0 radical (unpaired) electrons. The summed E-state index contributed by atoms with van der Waals surface area (Å²) in [5.74, 6) is 2.10. The average Bonchev–Trinajstić information content (AvgIpc) is 2.96. The Morgan fingerprint density at radius 3 is 2.38 bits per heavy atom. The fourth-order valence-electron chi connectivity index (χ4n) is 6.77. The van der Waals surface area contributed by atoms with Gasteiger partial charge in [-0.3, -0.25) is 4.79 Å². The Balaban J connectivity index is 1.17. The second-order valence-electron chi connectivity index (χ2n) is 11.8. The van der Waals surface area contributed by atoms with Gasteiger partial charge in [-0.2, -0.15) is 0 Å². The molecule has 2 fully saturated rings. The van der Waals surface area contributed by atoms with Crippen molar-refractivity contribution < 1.29 is 19.4 Å². The van der Waals surface area contributed by atoms with Gasteiger partial charge in [0.1, 0.15) is 18.1 Å². The minimum absolute atomic E-state index is 0.267. The highest BCUT2D eigenvalue weighted by atomic mass is 16.5. The zero-order chi connectivity index (χ0) is 27.3. The van der Waals surface area contributed by atoms with Gasteiger partial charge in [0, 0.05) is 26.7 Å². The minimum atomic E-state index is -0.693. The number of aliphatic hydroxyl groups is 1. The molecule has 0 aromatic heterocycles. The lowest BCUT2D eigenvalue weighted by Crippen LogP contribution is -2.55. The second kappa shape index (κ2) is 12.2. The van der Waals surface area contributed by atoms with Gasteiger partial charge < -0.3 is 29.3 Å². The Labute approximate surface area is 233 Å². The first-order valence-corrected chi connectivity index (χ1v) is 14.7. The number of anilines is 1. The molecule has 212 valence electrons.